The van der Waals surface area contributed by atoms with Gasteiger partial charge in [0, 0.05) is 31.9 Å². The number of hydrogen-bond donors (Lipinski definition) is 1. The number of nitrogens with zero attached hydrogens (tertiary/aromatic N) is 5. The molecule has 2 atom stereocenters. The lowest BCUT2D eigenvalue weighted by Crippen LogP contribution is -2.53. The van der Waals surface area contributed by atoms with Crippen molar-refractivity contribution in [2.24, 2.45) is 4.99 Å². The average molecular weight is 512 g/mol. The number of aliphatic imine (C=N–C) groups is 1. The van der Waals surface area contributed by atoms with E-state index in [2.05, 4.69) is 27.3 Å². The largest absolute Gasteiger partial charge is 0.375 e. The summed E-state index contributed by atoms with van der Waals surface area (Å²) in [5.74, 6) is 1.70. The number of aromatic nitrogens is 3. The highest BCUT2D eigenvalue weighted by molar-refractivity contribution is 14.0. The predicted molar refractivity (Wildman–Crippen MR) is 122 cm³/mol. The van der Waals surface area contributed by atoms with Gasteiger partial charge in [-0.05, 0) is 31.9 Å². The number of nitrogens with one attached hydrogen (secondary N) is 1. The minimum atomic E-state index is 0. The molecular weight excluding hydrogens is 483 g/mol. The second kappa shape index (κ2) is 10.9. The fourth-order valence-corrected chi connectivity index (χ4v) is 3.73. The molecule has 0 bridgehead atoms. The van der Waals surface area contributed by atoms with Crippen LogP contribution >= 0.6 is 24.0 Å². The predicted octanol–water partition coefficient (Wildman–Crippen LogP) is 2.23. The Hall–Kier alpha value is -1.72. The van der Waals surface area contributed by atoms with Crippen molar-refractivity contribution in [1.82, 2.24) is 25.0 Å². The number of ether oxygens (including phenoxy) is 2. The Labute approximate surface area is 188 Å². The topological polar surface area (TPSA) is 76.8 Å². The van der Waals surface area contributed by atoms with Gasteiger partial charge in [-0.15, -0.1) is 34.2 Å². The van der Waals surface area contributed by atoms with Crippen molar-refractivity contribution >= 4 is 29.9 Å². The summed E-state index contributed by atoms with van der Waals surface area (Å²) < 4.78 is 13.8. The first-order valence-corrected chi connectivity index (χ1v) is 10.1. The van der Waals surface area contributed by atoms with Gasteiger partial charge < -0.3 is 19.7 Å². The van der Waals surface area contributed by atoms with Crippen molar-refractivity contribution in [3.05, 3.63) is 42.5 Å². The number of hydrogen-bond acceptors (Lipinski definition) is 5. The Morgan fingerprint density at radius 3 is 2.79 bits per heavy atom. The van der Waals surface area contributed by atoms with Gasteiger partial charge in [-0.3, -0.25) is 4.57 Å². The number of morpholine rings is 1. The normalized spacial score (nSPS) is 22.4. The molecule has 2 aromatic rings. The fraction of sp³-hybridized carbons (Fsp3) is 0.550. The van der Waals surface area contributed by atoms with E-state index in [9.17, 15) is 0 Å². The third-order valence-corrected chi connectivity index (χ3v) is 5.13. The van der Waals surface area contributed by atoms with Gasteiger partial charge in [0.05, 0.1) is 12.7 Å². The molecule has 2 aliphatic heterocycles. The third kappa shape index (κ3) is 5.46. The molecule has 2 saturated heterocycles. The molecule has 0 spiro atoms. The lowest BCUT2D eigenvalue weighted by Gasteiger charge is -2.37. The van der Waals surface area contributed by atoms with Crippen LogP contribution in [0.4, 0.5) is 0 Å². The summed E-state index contributed by atoms with van der Waals surface area (Å²) in [5, 5.41) is 11.7. The molecule has 3 heterocycles. The first kappa shape index (κ1) is 22.0. The Morgan fingerprint density at radius 1 is 1.21 bits per heavy atom. The average Bonchev–Trinajstić information content (AvgIpc) is 3.44. The van der Waals surface area contributed by atoms with Gasteiger partial charge in [0.15, 0.2) is 11.8 Å². The SMILES string of the molecule is CCNC(=NCc1nncn1-c1ccccc1)N1CCOC(C2CCCO2)C1.I. The monoisotopic (exact) mass is 512 g/mol. The molecule has 158 valence electrons. The Morgan fingerprint density at radius 2 is 2.03 bits per heavy atom. The molecule has 0 saturated carbocycles. The number of rotatable bonds is 5. The molecule has 29 heavy (non-hydrogen) atoms. The summed E-state index contributed by atoms with van der Waals surface area (Å²) in [6.07, 6.45) is 4.23. The molecule has 0 radical (unpaired) electrons. The number of para-hydroxylation sites is 1. The van der Waals surface area contributed by atoms with Gasteiger partial charge in [0.25, 0.3) is 0 Å². The minimum Gasteiger partial charge on any atom is -0.375 e. The van der Waals surface area contributed by atoms with E-state index in [0.717, 1.165) is 56.6 Å². The van der Waals surface area contributed by atoms with Gasteiger partial charge in [-0.25, -0.2) is 4.99 Å². The van der Waals surface area contributed by atoms with Crippen LogP contribution in [0.15, 0.2) is 41.7 Å². The van der Waals surface area contributed by atoms with E-state index in [0.29, 0.717) is 13.2 Å². The van der Waals surface area contributed by atoms with Crippen molar-refractivity contribution in [3.63, 3.8) is 0 Å². The number of halogens is 1. The number of benzene rings is 1. The molecule has 4 rings (SSSR count). The molecule has 8 nitrogen and oxygen atoms in total. The van der Waals surface area contributed by atoms with Gasteiger partial charge >= 0.3 is 0 Å². The maximum Gasteiger partial charge on any atom is 0.194 e. The Bertz CT molecular complexity index is 778. The zero-order chi connectivity index (χ0) is 19.2. The van der Waals surface area contributed by atoms with Crippen molar-refractivity contribution in [2.75, 3.05) is 32.8 Å². The highest BCUT2D eigenvalue weighted by Crippen LogP contribution is 2.21. The Kier molecular flexibility index (Phi) is 8.25. The zero-order valence-corrected chi connectivity index (χ0v) is 19.1. The smallest absolute Gasteiger partial charge is 0.194 e. The maximum absolute atomic E-state index is 5.97. The Balaban J connectivity index is 0.00000240. The van der Waals surface area contributed by atoms with Gasteiger partial charge in [0.1, 0.15) is 19.0 Å². The van der Waals surface area contributed by atoms with E-state index in [1.54, 1.807) is 6.33 Å². The molecule has 0 amide bonds. The summed E-state index contributed by atoms with van der Waals surface area (Å²) >= 11 is 0. The van der Waals surface area contributed by atoms with Crippen molar-refractivity contribution in [1.29, 1.82) is 0 Å². The first-order valence-electron chi connectivity index (χ1n) is 10.1. The van der Waals surface area contributed by atoms with Crippen molar-refractivity contribution in [2.45, 2.75) is 38.5 Å². The number of guanidine groups is 1. The van der Waals surface area contributed by atoms with Crippen LogP contribution in [0.3, 0.4) is 0 Å². The van der Waals surface area contributed by atoms with Crippen LogP contribution in [0, 0.1) is 0 Å². The van der Waals surface area contributed by atoms with E-state index in [-0.39, 0.29) is 36.2 Å². The van der Waals surface area contributed by atoms with Gasteiger partial charge in [-0.2, -0.15) is 0 Å². The molecule has 1 aromatic heterocycles. The third-order valence-electron chi connectivity index (χ3n) is 5.13. The highest BCUT2D eigenvalue weighted by Gasteiger charge is 2.32. The molecule has 2 fully saturated rings. The standard InChI is InChI=1S/C20H28N6O2.HI/c1-2-21-20(25-10-12-28-18(14-25)17-9-6-11-27-17)22-13-19-24-23-15-26(19)16-7-4-3-5-8-16;/h3-5,7-8,15,17-18H,2,6,9-14H2,1H3,(H,21,22);1H. The van der Waals surface area contributed by atoms with Crippen LogP contribution in [0.2, 0.25) is 0 Å². The quantitative estimate of drug-likeness (QED) is 0.376. The first-order chi connectivity index (χ1) is 13.8. The maximum atomic E-state index is 5.97. The van der Waals surface area contributed by atoms with Crippen LogP contribution in [0.5, 0.6) is 0 Å². The van der Waals surface area contributed by atoms with Gasteiger partial charge in [0.2, 0.25) is 0 Å². The van der Waals surface area contributed by atoms with Crippen LogP contribution in [-0.2, 0) is 16.0 Å². The van der Waals surface area contributed by atoms with Crippen LogP contribution in [0.1, 0.15) is 25.6 Å². The van der Waals surface area contributed by atoms with E-state index < -0.39 is 0 Å². The fourth-order valence-electron chi connectivity index (χ4n) is 3.73. The van der Waals surface area contributed by atoms with Crippen LogP contribution in [-0.4, -0.2) is 70.7 Å². The van der Waals surface area contributed by atoms with Crippen LogP contribution < -0.4 is 5.32 Å². The van der Waals surface area contributed by atoms with Crippen molar-refractivity contribution < 1.29 is 9.47 Å². The molecule has 2 aliphatic rings. The second-order valence-corrected chi connectivity index (χ2v) is 7.03. The molecule has 1 aromatic carbocycles. The lowest BCUT2D eigenvalue weighted by molar-refractivity contribution is -0.0817. The molecule has 1 N–H and O–H groups in total. The van der Waals surface area contributed by atoms with Gasteiger partial charge in [-0.1, -0.05) is 18.2 Å². The second-order valence-electron chi connectivity index (χ2n) is 7.03. The molecular formula is C20H29IN6O2. The molecule has 2 unspecified atom stereocenters. The highest BCUT2D eigenvalue weighted by atomic mass is 127. The van der Waals surface area contributed by atoms with E-state index in [4.69, 9.17) is 14.5 Å². The van der Waals surface area contributed by atoms with Crippen molar-refractivity contribution in [3.8, 4) is 5.69 Å². The summed E-state index contributed by atoms with van der Waals surface area (Å²) in [4.78, 5) is 7.11. The molecule has 0 aliphatic carbocycles. The zero-order valence-electron chi connectivity index (χ0n) is 16.7. The summed E-state index contributed by atoms with van der Waals surface area (Å²) in [7, 11) is 0. The van der Waals surface area contributed by atoms with E-state index in [1.165, 1.54) is 0 Å². The summed E-state index contributed by atoms with van der Waals surface area (Å²) in [5.41, 5.74) is 1.03. The molecule has 9 heteroatoms. The summed E-state index contributed by atoms with van der Waals surface area (Å²) in [6.45, 7) is 6.50. The lowest BCUT2D eigenvalue weighted by atomic mass is 10.1. The van der Waals surface area contributed by atoms with E-state index in [1.807, 2.05) is 34.9 Å². The van der Waals surface area contributed by atoms with Crippen LogP contribution in [0.25, 0.3) is 5.69 Å². The van der Waals surface area contributed by atoms with E-state index >= 15 is 0 Å². The summed E-state index contributed by atoms with van der Waals surface area (Å²) in [6, 6.07) is 10.1. The minimum absolute atomic E-state index is 0.